The fourth-order valence-corrected chi connectivity index (χ4v) is 1.29. The maximum Gasteiger partial charge on any atom is 0.206 e. The molecular formula is C12H26N4. The van der Waals surface area contributed by atoms with Gasteiger partial charge in [-0.2, -0.15) is 5.26 Å². The Morgan fingerprint density at radius 2 is 2.00 bits per heavy atom. The van der Waals surface area contributed by atoms with Gasteiger partial charge < -0.3 is 4.90 Å². The van der Waals surface area contributed by atoms with Crippen LogP contribution in [0.25, 0.3) is 0 Å². The van der Waals surface area contributed by atoms with E-state index in [1.54, 1.807) is 0 Å². The van der Waals surface area contributed by atoms with Gasteiger partial charge in [0, 0.05) is 22.1 Å². The van der Waals surface area contributed by atoms with Gasteiger partial charge in [-0.15, -0.1) is 0 Å². The molecule has 0 saturated heterocycles. The fourth-order valence-electron chi connectivity index (χ4n) is 1.29. The third kappa shape index (κ3) is 8.10. The first-order valence-electron chi connectivity index (χ1n) is 5.74. The number of guanidine groups is 1. The van der Waals surface area contributed by atoms with Crippen LogP contribution in [0.4, 0.5) is 0 Å². The molecule has 0 unspecified atom stereocenters. The monoisotopic (exact) mass is 226 g/mol. The van der Waals surface area contributed by atoms with E-state index in [9.17, 15) is 0 Å². The van der Waals surface area contributed by atoms with Crippen molar-refractivity contribution in [1.29, 1.82) is 5.26 Å². The van der Waals surface area contributed by atoms with E-state index >= 15 is 0 Å². The van der Waals surface area contributed by atoms with Crippen molar-refractivity contribution < 1.29 is 1.43 Å². The first-order chi connectivity index (χ1) is 7.37. The van der Waals surface area contributed by atoms with Crippen LogP contribution in [-0.4, -0.2) is 31.5 Å². The van der Waals surface area contributed by atoms with Gasteiger partial charge in [-0.25, -0.2) is 0 Å². The van der Waals surface area contributed by atoms with Crippen LogP contribution in [-0.2, 0) is 0 Å². The molecule has 0 radical (unpaired) electrons. The minimum absolute atomic E-state index is 0. The molecule has 0 amide bonds. The lowest BCUT2D eigenvalue weighted by Gasteiger charge is -2.17. The van der Waals surface area contributed by atoms with Crippen molar-refractivity contribution in [2.75, 3.05) is 20.6 Å². The minimum Gasteiger partial charge on any atom is -0.348 e. The zero-order chi connectivity index (χ0) is 12.6. The van der Waals surface area contributed by atoms with E-state index in [-0.39, 0.29) is 1.43 Å². The predicted molar refractivity (Wildman–Crippen MR) is 70.2 cm³/mol. The molecule has 0 aromatic carbocycles. The van der Waals surface area contributed by atoms with Gasteiger partial charge in [-0.1, -0.05) is 27.2 Å². The van der Waals surface area contributed by atoms with Gasteiger partial charge in [0.25, 0.3) is 0 Å². The first kappa shape index (κ1) is 14.8. The fraction of sp³-hybridized carbons (Fsp3) is 0.833. The molecule has 0 saturated carbocycles. The number of nitrogens with zero attached hydrogens (tertiary/aromatic N) is 3. The van der Waals surface area contributed by atoms with Crippen molar-refractivity contribution in [3.63, 3.8) is 0 Å². The summed E-state index contributed by atoms with van der Waals surface area (Å²) >= 11 is 0. The van der Waals surface area contributed by atoms with E-state index in [1.165, 1.54) is 12.8 Å². The van der Waals surface area contributed by atoms with Crippen LogP contribution in [0.5, 0.6) is 0 Å². The van der Waals surface area contributed by atoms with E-state index in [2.05, 4.69) is 31.1 Å². The molecule has 16 heavy (non-hydrogen) atoms. The highest BCUT2D eigenvalue weighted by atomic mass is 15.3. The van der Waals surface area contributed by atoms with E-state index < -0.39 is 0 Å². The van der Waals surface area contributed by atoms with E-state index in [0.717, 1.165) is 13.0 Å². The number of aliphatic imine (C=N–C) groups is 1. The first-order valence-corrected chi connectivity index (χ1v) is 5.74. The zero-order valence-electron chi connectivity index (χ0n) is 11.2. The van der Waals surface area contributed by atoms with Gasteiger partial charge >= 0.3 is 0 Å². The summed E-state index contributed by atoms with van der Waals surface area (Å²) in [7, 11) is 3.75. The highest BCUT2D eigenvalue weighted by molar-refractivity contribution is 5.80. The van der Waals surface area contributed by atoms with Crippen LogP contribution >= 0.6 is 0 Å². The molecule has 0 spiro atoms. The van der Waals surface area contributed by atoms with Crippen LogP contribution in [0.3, 0.4) is 0 Å². The number of hydrogen-bond acceptors (Lipinski definition) is 2. The van der Waals surface area contributed by atoms with E-state index in [4.69, 9.17) is 5.26 Å². The summed E-state index contributed by atoms with van der Waals surface area (Å²) in [6.45, 7) is 7.52. The number of unbranched alkanes of at least 4 members (excludes halogenated alkanes) is 1. The molecule has 94 valence electrons. The van der Waals surface area contributed by atoms with Crippen LogP contribution in [0, 0.1) is 16.9 Å². The summed E-state index contributed by atoms with van der Waals surface area (Å²) in [6.07, 6.45) is 5.36. The van der Waals surface area contributed by atoms with Crippen molar-refractivity contribution >= 4 is 5.96 Å². The molecule has 1 N–H and O–H groups in total. The second kappa shape index (κ2) is 7.10. The molecule has 0 aliphatic carbocycles. The second-order valence-electron chi connectivity index (χ2n) is 5.35. The maximum atomic E-state index is 8.53. The molecule has 4 heteroatoms. The molecule has 0 aliphatic rings. The molecule has 0 aliphatic heterocycles. The molecule has 0 aromatic heterocycles. The second-order valence-corrected chi connectivity index (χ2v) is 5.35. The van der Waals surface area contributed by atoms with Crippen LogP contribution in [0.1, 0.15) is 41.5 Å². The number of rotatable bonds is 4. The lowest BCUT2D eigenvalue weighted by Crippen LogP contribution is -2.33. The average Bonchev–Trinajstić information content (AvgIpc) is 2.13. The predicted octanol–water partition coefficient (Wildman–Crippen LogP) is 2.44. The Balaban J connectivity index is 0. The Kier molecular flexibility index (Phi) is 6.55. The van der Waals surface area contributed by atoms with Gasteiger partial charge in [0.1, 0.15) is 0 Å². The molecule has 0 fully saturated rings. The quantitative estimate of drug-likeness (QED) is 0.263. The van der Waals surface area contributed by atoms with Crippen molar-refractivity contribution in [1.82, 2.24) is 10.2 Å². The van der Waals surface area contributed by atoms with Crippen LogP contribution in [0.15, 0.2) is 4.99 Å². The lowest BCUT2D eigenvalue weighted by molar-refractivity contribution is 0.361. The molecule has 0 heterocycles. The smallest absolute Gasteiger partial charge is 0.206 e. The minimum atomic E-state index is 0. The summed E-state index contributed by atoms with van der Waals surface area (Å²) in [4.78, 5) is 6.15. The average molecular weight is 226 g/mol. The van der Waals surface area contributed by atoms with E-state index in [1.807, 2.05) is 25.2 Å². The summed E-state index contributed by atoms with van der Waals surface area (Å²) in [5.41, 5.74) is 0.402. The normalized spacial score (nSPS) is 12.1. The SMILES string of the molecule is CN(C)C(=NCCCCC(C)(C)C)NC#N.[HH]. The Morgan fingerprint density at radius 1 is 1.38 bits per heavy atom. The third-order valence-electron chi connectivity index (χ3n) is 2.19. The van der Waals surface area contributed by atoms with Crippen molar-refractivity contribution in [2.24, 2.45) is 10.4 Å². The summed E-state index contributed by atoms with van der Waals surface area (Å²) < 4.78 is 0. The number of nitriles is 1. The summed E-state index contributed by atoms with van der Waals surface area (Å²) in [5, 5.41) is 11.1. The molecule has 0 bridgehead atoms. The summed E-state index contributed by atoms with van der Waals surface area (Å²) in [6, 6.07) is 0. The van der Waals surface area contributed by atoms with Crippen LogP contribution in [0.2, 0.25) is 0 Å². The third-order valence-corrected chi connectivity index (χ3v) is 2.19. The van der Waals surface area contributed by atoms with Gasteiger partial charge in [-0.3, -0.25) is 10.3 Å². The van der Waals surface area contributed by atoms with Crippen molar-refractivity contribution in [3.8, 4) is 6.19 Å². The van der Waals surface area contributed by atoms with Crippen LogP contribution < -0.4 is 5.32 Å². The number of hydrogen-bond donors (Lipinski definition) is 1. The van der Waals surface area contributed by atoms with Gasteiger partial charge in [0.05, 0.1) is 0 Å². The topological polar surface area (TPSA) is 51.4 Å². The zero-order valence-corrected chi connectivity index (χ0v) is 11.2. The molecule has 4 nitrogen and oxygen atoms in total. The Morgan fingerprint density at radius 3 is 2.44 bits per heavy atom. The standard InChI is InChI=1S/C12H24N4.H2/c1-12(2,3)8-6-7-9-14-11(15-10-13)16(4)5;/h6-9H2,1-5H3,(H,14,15);1H. The van der Waals surface area contributed by atoms with Gasteiger partial charge in [0.2, 0.25) is 5.96 Å². The van der Waals surface area contributed by atoms with Crippen molar-refractivity contribution in [3.05, 3.63) is 0 Å². The largest absolute Gasteiger partial charge is 0.348 e. The molecule has 0 atom stereocenters. The Labute approximate surface area is 101 Å². The highest BCUT2D eigenvalue weighted by Gasteiger charge is 2.08. The Bertz CT molecular complexity index is 261. The molecular weight excluding hydrogens is 200 g/mol. The maximum absolute atomic E-state index is 8.53. The van der Waals surface area contributed by atoms with Crippen molar-refractivity contribution in [2.45, 2.75) is 40.0 Å². The lowest BCUT2D eigenvalue weighted by atomic mass is 9.90. The van der Waals surface area contributed by atoms with Gasteiger partial charge in [0.15, 0.2) is 6.19 Å². The Hall–Kier alpha value is -1.24. The van der Waals surface area contributed by atoms with Gasteiger partial charge in [-0.05, 0) is 18.3 Å². The molecule has 0 aromatic rings. The number of nitrogens with one attached hydrogen (secondary N) is 1. The summed E-state index contributed by atoms with van der Waals surface area (Å²) in [5.74, 6) is 0.637. The highest BCUT2D eigenvalue weighted by Crippen LogP contribution is 2.21. The van der Waals surface area contributed by atoms with E-state index in [0.29, 0.717) is 11.4 Å². The molecule has 0 rings (SSSR count).